The fourth-order valence-corrected chi connectivity index (χ4v) is 4.00. The Morgan fingerprint density at radius 2 is 1.87 bits per heavy atom. The molecule has 30 heavy (non-hydrogen) atoms. The van der Waals surface area contributed by atoms with Crippen molar-refractivity contribution in [3.63, 3.8) is 0 Å². The number of likely N-dealkylation sites (N-methyl/N-ethyl adjacent to an activating group) is 1. The summed E-state index contributed by atoms with van der Waals surface area (Å²) in [6.07, 6.45) is 7.60. The largest absolute Gasteiger partial charge is 0.493 e. The van der Waals surface area contributed by atoms with Crippen molar-refractivity contribution in [2.45, 2.75) is 6.54 Å². The fourth-order valence-electron chi connectivity index (χ4n) is 4.00. The van der Waals surface area contributed by atoms with E-state index in [0.29, 0.717) is 36.0 Å². The summed E-state index contributed by atoms with van der Waals surface area (Å²) >= 11 is 0. The molecule has 156 valence electrons. The summed E-state index contributed by atoms with van der Waals surface area (Å²) in [7, 11) is 7.19. The number of carbonyl (C=O) groups is 1. The van der Waals surface area contributed by atoms with Gasteiger partial charge in [0.05, 0.1) is 30.5 Å². The molecule has 1 heterocycles. The molecule has 0 unspecified atom stereocenters. The number of nitrogens with zero attached hydrogens (tertiary/aromatic N) is 2. The molecule has 2 aliphatic carbocycles. The van der Waals surface area contributed by atoms with Crippen LogP contribution >= 0.6 is 0 Å². The molecule has 6 heteroatoms. The lowest BCUT2D eigenvalue weighted by molar-refractivity contribution is 0.0901. The van der Waals surface area contributed by atoms with Crippen molar-refractivity contribution in [3.05, 3.63) is 68.9 Å². The van der Waals surface area contributed by atoms with E-state index in [4.69, 9.17) is 14.2 Å². The second kappa shape index (κ2) is 7.88. The maximum atomic E-state index is 13.3. The van der Waals surface area contributed by atoms with Gasteiger partial charge in [-0.3, -0.25) is 4.79 Å². The normalized spacial score (nSPS) is 13.6. The molecule has 2 aromatic rings. The van der Waals surface area contributed by atoms with E-state index in [9.17, 15) is 4.79 Å². The molecule has 1 aromatic heterocycles. The lowest BCUT2D eigenvalue weighted by atomic mass is 10.0. The molecule has 0 saturated heterocycles. The number of fused-ring (bicyclic) bond motifs is 4. The van der Waals surface area contributed by atoms with Gasteiger partial charge in [-0.25, -0.2) is 0 Å². The molecule has 0 N–H and O–H groups in total. The van der Waals surface area contributed by atoms with E-state index < -0.39 is 0 Å². The molecule has 1 aromatic carbocycles. The summed E-state index contributed by atoms with van der Waals surface area (Å²) in [6, 6.07) is 3.91. The smallest absolute Gasteiger partial charge is 0.230 e. The van der Waals surface area contributed by atoms with Crippen LogP contribution in [0.1, 0.15) is 15.9 Å². The van der Waals surface area contributed by atoms with E-state index in [-0.39, 0.29) is 5.78 Å². The second-order valence-electron chi connectivity index (χ2n) is 7.54. The Kier molecular flexibility index (Phi) is 5.26. The molecule has 6 nitrogen and oxygen atoms in total. The van der Waals surface area contributed by atoms with E-state index in [2.05, 4.69) is 11.1 Å². The zero-order valence-electron chi connectivity index (χ0n) is 17.8. The second-order valence-corrected chi connectivity index (χ2v) is 7.54. The standard InChI is InChI=1S/C24H26N2O4/c1-6-9-26-18-7-8-19(30-11-10-25(2)3)24(27)22(18)17-12-15-13-20(28-4)21(29-5)14-16(15)23(17)26/h6-8,12-14H,1,9-11H2,2-5H3. The summed E-state index contributed by atoms with van der Waals surface area (Å²) in [4.78, 5) is 15.4. The minimum absolute atomic E-state index is 0.0895. The highest BCUT2D eigenvalue weighted by Crippen LogP contribution is 2.28. The van der Waals surface area contributed by atoms with Crippen molar-refractivity contribution in [1.82, 2.24) is 9.47 Å². The molecule has 0 fully saturated rings. The van der Waals surface area contributed by atoms with Gasteiger partial charge in [0.1, 0.15) is 6.61 Å². The Bertz CT molecular complexity index is 1280. The van der Waals surface area contributed by atoms with Gasteiger partial charge in [-0.1, -0.05) is 6.08 Å². The number of methoxy groups -OCH3 is 2. The minimum atomic E-state index is -0.0895. The minimum Gasteiger partial charge on any atom is -0.493 e. The van der Waals surface area contributed by atoms with Gasteiger partial charge in [-0.05, 0) is 49.7 Å². The maximum absolute atomic E-state index is 13.3. The van der Waals surface area contributed by atoms with Gasteiger partial charge in [0.25, 0.3) is 0 Å². The Labute approximate surface area is 175 Å². The summed E-state index contributed by atoms with van der Waals surface area (Å²) in [5.41, 5.74) is 1.57. The first kappa shape index (κ1) is 20.0. The highest BCUT2D eigenvalue weighted by atomic mass is 16.5. The van der Waals surface area contributed by atoms with Crippen LogP contribution in [0.15, 0.2) is 36.6 Å². The van der Waals surface area contributed by atoms with Crippen molar-refractivity contribution < 1.29 is 19.0 Å². The topological polar surface area (TPSA) is 52.9 Å². The highest BCUT2D eigenvalue weighted by Gasteiger charge is 2.27. The Balaban J connectivity index is 1.92. The van der Waals surface area contributed by atoms with Crippen LogP contribution in [0.25, 0.3) is 12.2 Å². The average molecular weight is 406 g/mol. The molecular formula is C24H26N2O4. The van der Waals surface area contributed by atoms with Gasteiger partial charge < -0.3 is 23.7 Å². The Hall–Kier alpha value is -3.25. The number of carbonyl (C=O) groups excluding carboxylic acids is 1. The van der Waals surface area contributed by atoms with Crippen LogP contribution in [0.4, 0.5) is 0 Å². The number of allylic oxidation sites excluding steroid dienone is 3. The Morgan fingerprint density at radius 1 is 1.13 bits per heavy atom. The van der Waals surface area contributed by atoms with Crippen molar-refractivity contribution in [3.8, 4) is 11.5 Å². The predicted molar refractivity (Wildman–Crippen MR) is 116 cm³/mol. The molecule has 0 saturated carbocycles. The zero-order valence-corrected chi connectivity index (χ0v) is 17.8. The predicted octanol–water partition coefficient (Wildman–Crippen LogP) is 1.56. The third-order valence-corrected chi connectivity index (χ3v) is 5.40. The summed E-state index contributed by atoms with van der Waals surface area (Å²) in [5.74, 6) is 1.60. The van der Waals surface area contributed by atoms with Gasteiger partial charge in [0.2, 0.25) is 5.78 Å². The molecule has 0 atom stereocenters. The van der Waals surface area contributed by atoms with Crippen molar-refractivity contribution >= 4 is 17.9 Å². The third-order valence-electron chi connectivity index (χ3n) is 5.40. The SMILES string of the molecule is C=CCn1c2c(c3c1=c1cc(OC)c(OC)cc1=C3)C(=O)C(OCCN(C)C)=CC=2. The molecule has 0 bridgehead atoms. The third kappa shape index (κ3) is 3.13. The van der Waals surface area contributed by atoms with Crippen LogP contribution in [0, 0.1) is 10.6 Å². The number of hydrogen-bond donors (Lipinski definition) is 0. The van der Waals surface area contributed by atoms with Crippen LogP contribution in [-0.4, -0.2) is 56.7 Å². The van der Waals surface area contributed by atoms with Gasteiger partial charge >= 0.3 is 0 Å². The summed E-state index contributed by atoms with van der Waals surface area (Å²) < 4.78 is 18.9. The quantitative estimate of drug-likeness (QED) is 0.532. The monoisotopic (exact) mass is 406 g/mol. The molecule has 2 aliphatic rings. The molecule has 0 radical (unpaired) electrons. The van der Waals surface area contributed by atoms with E-state index in [1.54, 1.807) is 20.3 Å². The summed E-state index contributed by atoms with van der Waals surface area (Å²) in [5, 5.41) is 3.87. The first-order valence-corrected chi connectivity index (χ1v) is 9.85. The van der Waals surface area contributed by atoms with Crippen molar-refractivity contribution in [1.29, 1.82) is 0 Å². The van der Waals surface area contributed by atoms with Crippen LogP contribution in [-0.2, 0) is 11.3 Å². The number of hydrogen-bond acceptors (Lipinski definition) is 5. The summed E-state index contributed by atoms with van der Waals surface area (Å²) in [6.45, 7) is 5.69. The number of benzene rings is 1. The van der Waals surface area contributed by atoms with Crippen LogP contribution in [0.2, 0.25) is 0 Å². The first-order valence-electron chi connectivity index (χ1n) is 9.85. The van der Waals surface area contributed by atoms with E-state index in [1.807, 2.05) is 49.4 Å². The molecule has 0 amide bonds. The fraction of sp³-hybridized carbons (Fsp3) is 0.292. The number of ether oxygens (including phenoxy) is 3. The lowest BCUT2D eigenvalue weighted by Gasteiger charge is -2.14. The average Bonchev–Trinajstić information content (AvgIpc) is 3.23. The molecule has 0 aliphatic heterocycles. The van der Waals surface area contributed by atoms with Gasteiger partial charge in [0.15, 0.2) is 17.3 Å². The van der Waals surface area contributed by atoms with Crippen molar-refractivity contribution in [2.24, 2.45) is 0 Å². The Morgan fingerprint density at radius 3 is 2.53 bits per heavy atom. The van der Waals surface area contributed by atoms with Gasteiger partial charge in [0, 0.05) is 23.9 Å². The van der Waals surface area contributed by atoms with Crippen molar-refractivity contribution in [2.75, 3.05) is 41.5 Å². The number of aromatic nitrogens is 1. The van der Waals surface area contributed by atoms with E-state index in [1.165, 1.54) is 0 Å². The van der Waals surface area contributed by atoms with Crippen LogP contribution in [0.3, 0.4) is 0 Å². The lowest BCUT2D eigenvalue weighted by Crippen LogP contribution is -2.27. The number of ketones is 1. The van der Waals surface area contributed by atoms with Crippen LogP contribution in [0.5, 0.6) is 11.5 Å². The zero-order chi connectivity index (χ0) is 21.4. The number of rotatable bonds is 8. The van der Waals surface area contributed by atoms with E-state index in [0.717, 1.165) is 33.2 Å². The van der Waals surface area contributed by atoms with Gasteiger partial charge in [-0.15, -0.1) is 6.58 Å². The first-order chi connectivity index (χ1) is 14.5. The van der Waals surface area contributed by atoms with Gasteiger partial charge in [-0.2, -0.15) is 0 Å². The van der Waals surface area contributed by atoms with E-state index >= 15 is 0 Å². The molecule has 0 spiro atoms. The molecule has 4 rings (SSSR count). The molecular weight excluding hydrogens is 380 g/mol. The van der Waals surface area contributed by atoms with Crippen LogP contribution < -0.4 is 20.0 Å². The maximum Gasteiger partial charge on any atom is 0.230 e. The number of Topliss-reactive ketones (excluding diaryl/α,β-unsaturated/α-hetero) is 1. The highest BCUT2D eigenvalue weighted by molar-refractivity contribution is 6.11.